The van der Waals surface area contributed by atoms with Crippen LogP contribution in [-0.4, -0.2) is 22.8 Å². The standard InChI is InChI=1S/C33H42Cl2OSi2/c1-10-17-36-31-29(37(8,9)33(5,6)7)18-22(4)19-30(31)38(11-2,12-3)32-27-20-23(34)13-15-25(27)26-16-14-24(35)21-28(26)32/h10,13-16,18-21,32H,1,11-12,17H2,2-9H3. The fourth-order valence-corrected chi connectivity index (χ4v) is 14.2. The Morgan fingerprint density at radius 1 is 0.868 bits per heavy atom. The maximum atomic E-state index is 6.75. The van der Waals surface area contributed by atoms with Gasteiger partial charge < -0.3 is 4.74 Å². The molecule has 0 saturated heterocycles. The molecule has 4 rings (SSSR count). The van der Waals surface area contributed by atoms with Gasteiger partial charge in [-0.05, 0) is 68.9 Å². The fourth-order valence-electron chi connectivity index (χ4n) is 6.30. The van der Waals surface area contributed by atoms with Crippen molar-refractivity contribution >= 4 is 49.7 Å². The Hall–Kier alpha value is -1.79. The molecule has 1 aliphatic carbocycles. The second-order valence-corrected chi connectivity index (χ2v) is 23.4. The SMILES string of the molecule is C=CCOc1c([Si](CC)(CC)C2c3cc(Cl)ccc3-c3ccc(Cl)cc32)cc(C)cc1[Si](C)(C)C(C)(C)C. The smallest absolute Gasteiger partial charge is 0.118 e. The zero-order valence-corrected chi connectivity index (χ0v) is 27.8. The molecule has 0 atom stereocenters. The molecule has 0 fully saturated rings. The minimum Gasteiger partial charge on any atom is -0.490 e. The number of hydrogen-bond donors (Lipinski definition) is 0. The number of aryl methyl sites for hydroxylation is 1. The zero-order valence-electron chi connectivity index (χ0n) is 24.3. The summed E-state index contributed by atoms with van der Waals surface area (Å²) in [6.45, 7) is 23.7. The average Bonchev–Trinajstić information content (AvgIpc) is 3.16. The van der Waals surface area contributed by atoms with Crippen LogP contribution in [-0.2, 0) is 0 Å². The van der Waals surface area contributed by atoms with Crippen LogP contribution in [0.15, 0.2) is 61.2 Å². The van der Waals surface area contributed by atoms with Gasteiger partial charge in [-0.15, -0.1) is 0 Å². The first-order chi connectivity index (χ1) is 17.8. The monoisotopic (exact) mass is 580 g/mol. The Kier molecular flexibility index (Phi) is 8.18. The molecule has 0 amide bonds. The van der Waals surface area contributed by atoms with Crippen LogP contribution in [0.3, 0.4) is 0 Å². The molecular formula is C33H42Cl2OSi2. The third-order valence-corrected chi connectivity index (χ3v) is 21.1. The molecule has 0 heterocycles. The molecule has 3 aromatic rings. The van der Waals surface area contributed by atoms with Gasteiger partial charge in [0.2, 0.25) is 0 Å². The summed E-state index contributed by atoms with van der Waals surface area (Å²) in [7, 11) is -4.21. The minimum atomic E-state index is -2.28. The Labute approximate surface area is 242 Å². The number of fused-ring (bicyclic) bond motifs is 3. The van der Waals surface area contributed by atoms with Crippen molar-refractivity contribution in [1.29, 1.82) is 0 Å². The van der Waals surface area contributed by atoms with Gasteiger partial charge in [-0.1, -0.05) is 125 Å². The van der Waals surface area contributed by atoms with Crippen molar-refractivity contribution < 1.29 is 4.74 Å². The van der Waals surface area contributed by atoms with Gasteiger partial charge in [-0.3, -0.25) is 0 Å². The molecule has 3 aromatic carbocycles. The first-order valence-electron chi connectivity index (χ1n) is 13.8. The van der Waals surface area contributed by atoms with Crippen LogP contribution >= 0.6 is 23.2 Å². The van der Waals surface area contributed by atoms with Crippen molar-refractivity contribution in [1.82, 2.24) is 0 Å². The summed E-state index contributed by atoms with van der Waals surface area (Å²) < 4.78 is 6.75. The first-order valence-corrected chi connectivity index (χ1v) is 20.1. The van der Waals surface area contributed by atoms with E-state index < -0.39 is 16.1 Å². The first kappa shape index (κ1) is 29.2. The molecule has 1 aliphatic rings. The van der Waals surface area contributed by atoms with Crippen LogP contribution in [0.2, 0.25) is 40.3 Å². The molecule has 0 bridgehead atoms. The summed E-state index contributed by atoms with van der Waals surface area (Å²) in [6, 6.07) is 19.9. The van der Waals surface area contributed by atoms with Gasteiger partial charge in [0.15, 0.2) is 0 Å². The zero-order chi connectivity index (χ0) is 28.0. The lowest BCUT2D eigenvalue weighted by molar-refractivity contribution is 0.368. The average molecular weight is 582 g/mol. The number of benzene rings is 3. The third kappa shape index (κ3) is 4.74. The molecule has 0 N–H and O–H groups in total. The lowest BCUT2D eigenvalue weighted by atomic mass is 10.1. The predicted octanol–water partition coefficient (Wildman–Crippen LogP) is 9.63. The van der Waals surface area contributed by atoms with Gasteiger partial charge in [-0.2, -0.15) is 0 Å². The molecule has 5 heteroatoms. The van der Waals surface area contributed by atoms with Crippen LogP contribution in [0.25, 0.3) is 11.1 Å². The van der Waals surface area contributed by atoms with E-state index in [2.05, 4.69) is 97.6 Å². The summed E-state index contributed by atoms with van der Waals surface area (Å²) in [6.07, 6.45) is 1.87. The molecule has 0 unspecified atom stereocenters. The lowest BCUT2D eigenvalue weighted by Crippen LogP contribution is -2.57. The largest absolute Gasteiger partial charge is 0.490 e. The van der Waals surface area contributed by atoms with Crippen LogP contribution in [0, 0.1) is 6.92 Å². The summed E-state index contributed by atoms with van der Waals surface area (Å²) in [5.74, 6) is 1.12. The van der Waals surface area contributed by atoms with Crippen LogP contribution < -0.4 is 15.1 Å². The highest BCUT2D eigenvalue weighted by atomic mass is 35.5. The van der Waals surface area contributed by atoms with Crippen molar-refractivity contribution in [3.05, 3.63) is 87.9 Å². The highest BCUT2D eigenvalue weighted by Crippen LogP contribution is 2.52. The molecule has 202 valence electrons. The van der Waals surface area contributed by atoms with E-state index in [4.69, 9.17) is 27.9 Å². The summed E-state index contributed by atoms with van der Waals surface area (Å²) in [4.78, 5) is 0. The molecule has 0 spiro atoms. The maximum absolute atomic E-state index is 6.75. The van der Waals surface area contributed by atoms with Gasteiger partial charge in [0.25, 0.3) is 0 Å². The molecule has 0 saturated carbocycles. The van der Waals surface area contributed by atoms with Gasteiger partial charge >= 0.3 is 0 Å². The Bertz CT molecular complexity index is 1310. The summed E-state index contributed by atoms with van der Waals surface area (Å²) in [5, 5.41) is 4.62. The van der Waals surface area contributed by atoms with E-state index in [1.54, 1.807) is 0 Å². The van der Waals surface area contributed by atoms with Crippen molar-refractivity contribution in [3.8, 4) is 16.9 Å². The number of ether oxygens (including phenoxy) is 1. The number of halogens is 2. The highest BCUT2D eigenvalue weighted by molar-refractivity contribution is 6.96. The second-order valence-electron chi connectivity index (χ2n) is 12.4. The third-order valence-electron chi connectivity index (χ3n) is 9.42. The molecule has 38 heavy (non-hydrogen) atoms. The molecule has 0 radical (unpaired) electrons. The van der Waals surface area contributed by atoms with Crippen LogP contribution in [0.5, 0.6) is 5.75 Å². The number of rotatable bonds is 8. The maximum Gasteiger partial charge on any atom is 0.118 e. The quantitative estimate of drug-likeness (QED) is 0.190. The van der Waals surface area contributed by atoms with Crippen molar-refractivity contribution in [2.75, 3.05) is 6.61 Å². The van der Waals surface area contributed by atoms with E-state index in [1.807, 2.05) is 18.2 Å². The van der Waals surface area contributed by atoms with Crippen LogP contribution in [0.4, 0.5) is 0 Å². The van der Waals surface area contributed by atoms with Crippen molar-refractivity contribution in [2.45, 2.75) is 77.3 Å². The molecule has 0 aliphatic heterocycles. The van der Waals surface area contributed by atoms with E-state index in [0.29, 0.717) is 6.61 Å². The van der Waals surface area contributed by atoms with E-state index in [0.717, 1.165) is 27.9 Å². The second kappa shape index (κ2) is 10.6. The van der Waals surface area contributed by atoms with Gasteiger partial charge in [0.1, 0.15) is 20.4 Å². The van der Waals surface area contributed by atoms with Gasteiger partial charge in [0, 0.05) is 15.6 Å². The minimum absolute atomic E-state index is 0.181. The predicted molar refractivity (Wildman–Crippen MR) is 174 cm³/mol. The molecule has 0 aromatic heterocycles. The lowest BCUT2D eigenvalue weighted by Gasteiger charge is -2.43. The van der Waals surface area contributed by atoms with Crippen molar-refractivity contribution in [2.24, 2.45) is 0 Å². The van der Waals surface area contributed by atoms with E-state index in [9.17, 15) is 0 Å². The normalized spacial score (nSPS) is 13.8. The Morgan fingerprint density at radius 2 is 1.37 bits per heavy atom. The van der Waals surface area contributed by atoms with Crippen molar-refractivity contribution in [3.63, 3.8) is 0 Å². The summed E-state index contributed by atoms with van der Waals surface area (Å²) in [5.41, 5.74) is 6.83. The highest BCUT2D eigenvalue weighted by Gasteiger charge is 2.49. The van der Waals surface area contributed by atoms with E-state index >= 15 is 0 Å². The Balaban J connectivity index is 2.11. The molecular weight excluding hydrogens is 539 g/mol. The van der Waals surface area contributed by atoms with Gasteiger partial charge in [-0.25, -0.2) is 0 Å². The topological polar surface area (TPSA) is 9.23 Å². The summed E-state index contributed by atoms with van der Waals surface area (Å²) >= 11 is 13.3. The fraction of sp³-hybridized carbons (Fsp3) is 0.394. The number of hydrogen-bond acceptors (Lipinski definition) is 1. The van der Waals surface area contributed by atoms with E-state index in [-0.39, 0.29) is 10.6 Å². The van der Waals surface area contributed by atoms with Gasteiger partial charge in [0.05, 0.1) is 8.07 Å². The van der Waals surface area contributed by atoms with E-state index in [1.165, 1.54) is 38.2 Å². The molecule has 1 nitrogen and oxygen atoms in total. The van der Waals surface area contributed by atoms with Crippen LogP contribution in [0.1, 0.15) is 56.9 Å². The Morgan fingerprint density at radius 3 is 1.82 bits per heavy atom.